The molecular weight excluding hydrogens is 432 g/mol. The Balaban J connectivity index is 1.63. The van der Waals surface area contributed by atoms with Crippen molar-refractivity contribution in [2.24, 2.45) is 10.7 Å². The second kappa shape index (κ2) is 7.08. The van der Waals surface area contributed by atoms with Crippen LogP contribution in [0.3, 0.4) is 0 Å². The van der Waals surface area contributed by atoms with E-state index in [1.807, 2.05) is 0 Å². The Bertz CT molecular complexity index is 1230. The molecule has 0 aliphatic carbocycles. The van der Waals surface area contributed by atoms with Crippen LogP contribution in [-0.2, 0) is 10.3 Å². The molecule has 7 nitrogen and oxygen atoms in total. The minimum atomic E-state index is -4.62. The standard InChI is InChI=1S/C21H14F4N4O3/c22-15-4-14-17(5-18(15)30-9-21(23,24)25)32-16-2-1-11(12-6-27-10-28-7-12)3-13(16)20(14)8-31-19(26)29-20/h1-7,10H,8-9H2,(H2,26,29). The zero-order chi connectivity index (χ0) is 22.5. The van der Waals surface area contributed by atoms with E-state index in [-0.39, 0.29) is 23.9 Å². The molecule has 1 spiro atoms. The van der Waals surface area contributed by atoms with E-state index in [1.54, 1.807) is 30.6 Å². The number of nitrogens with zero attached hydrogens (tertiary/aromatic N) is 3. The zero-order valence-corrected chi connectivity index (χ0v) is 16.2. The van der Waals surface area contributed by atoms with Crippen LogP contribution in [0.4, 0.5) is 17.6 Å². The van der Waals surface area contributed by atoms with Crippen LogP contribution in [0.2, 0.25) is 0 Å². The van der Waals surface area contributed by atoms with Gasteiger partial charge in [-0.05, 0) is 23.8 Å². The molecule has 2 aliphatic heterocycles. The summed E-state index contributed by atoms with van der Waals surface area (Å²) in [5, 5.41) is 0. The summed E-state index contributed by atoms with van der Waals surface area (Å²) in [4.78, 5) is 12.4. The highest BCUT2D eigenvalue weighted by Gasteiger charge is 2.47. The summed E-state index contributed by atoms with van der Waals surface area (Å²) in [6.07, 6.45) is 0.0455. The van der Waals surface area contributed by atoms with Gasteiger partial charge in [0.1, 0.15) is 24.4 Å². The van der Waals surface area contributed by atoms with Gasteiger partial charge < -0.3 is 19.9 Å². The molecule has 0 bridgehead atoms. The van der Waals surface area contributed by atoms with Crippen molar-refractivity contribution in [3.8, 4) is 28.4 Å². The van der Waals surface area contributed by atoms with Crippen LogP contribution in [0, 0.1) is 5.82 Å². The number of aromatic nitrogens is 2. The molecule has 0 radical (unpaired) electrons. The molecule has 2 aliphatic rings. The van der Waals surface area contributed by atoms with Crippen molar-refractivity contribution in [2.75, 3.05) is 13.2 Å². The maximum Gasteiger partial charge on any atom is 0.422 e. The van der Waals surface area contributed by atoms with Crippen molar-refractivity contribution < 1.29 is 31.8 Å². The van der Waals surface area contributed by atoms with E-state index in [0.29, 0.717) is 11.3 Å². The van der Waals surface area contributed by atoms with E-state index in [4.69, 9.17) is 15.2 Å². The number of hydrogen-bond donors (Lipinski definition) is 1. The third-order valence-electron chi connectivity index (χ3n) is 5.14. The average Bonchev–Trinajstić information content (AvgIpc) is 3.15. The molecule has 2 N–H and O–H groups in total. The van der Waals surface area contributed by atoms with Crippen LogP contribution in [0.25, 0.3) is 11.1 Å². The molecule has 1 aromatic heterocycles. The molecule has 32 heavy (non-hydrogen) atoms. The summed E-state index contributed by atoms with van der Waals surface area (Å²) in [6.45, 7) is -1.68. The molecular formula is C21H14F4N4O3. The highest BCUT2D eigenvalue weighted by atomic mass is 19.4. The van der Waals surface area contributed by atoms with Gasteiger partial charge in [0.05, 0.1) is 0 Å². The Morgan fingerprint density at radius 3 is 2.47 bits per heavy atom. The molecule has 2 aromatic carbocycles. The lowest BCUT2D eigenvalue weighted by atomic mass is 9.80. The molecule has 1 atom stereocenters. The highest BCUT2D eigenvalue weighted by molar-refractivity contribution is 5.78. The van der Waals surface area contributed by atoms with Gasteiger partial charge in [-0.25, -0.2) is 19.4 Å². The van der Waals surface area contributed by atoms with Crippen molar-refractivity contribution in [3.05, 3.63) is 66.0 Å². The molecule has 5 rings (SSSR count). The van der Waals surface area contributed by atoms with Crippen molar-refractivity contribution in [1.82, 2.24) is 9.97 Å². The Morgan fingerprint density at radius 2 is 1.78 bits per heavy atom. The Labute approximate surface area is 178 Å². The average molecular weight is 446 g/mol. The zero-order valence-electron chi connectivity index (χ0n) is 16.2. The normalized spacial score (nSPS) is 18.9. The van der Waals surface area contributed by atoms with Gasteiger partial charge >= 0.3 is 6.18 Å². The molecule has 0 saturated carbocycles. The van der Waals surface area contributed by atoms with Gasteiger partial charge in [0.15, 0.2) is 23.7 Å². The van der Waals surface area contributed by atoms with Crippen LogP contribution in [0.1, 0.15) is 11.1 Å². The van der Waals surface area contributed by atoms with Crippen LogP contribution in [0.15, 0.2) is 54.0 Å². The smallest absolute Gasteiger partial charge is 0.422 e. The Hall–Kier alpha value is -3.89. The maximum absolute atomic E-state index is 14.7. The number of ether oxygens (including phenoxy) is 3. The topological polar surface area (TPSA) is 91.9 Å². The van der Waals surface area contributed by atoms with E-state index < -0.39 is 29.9 Å². The van der Waals surface area contributed by atoms with Gasteiger partial charge in [-0.2, -0.15) is 13.2 Å². The number of nitrogens with two attached hydrogens (primary N) is 1. The quantitative estimate of drug-likeness (QED) is 0.614. The van der Waals surface area contributed by atoms with Gasteiger partial charge in [-0.15, -0.1) is 0 Å². The summed E-state index contributed by atoms with van der Waals surface area (Å²) in [5.74, 6) is -1.12. The molecule has 0 saturated heterocycles. The lowest BCUT2D eigenvalue weighted by molar-refractivity contribution is -0.153. The number of halogens is 4. The Kier molecular flexibility index (Phi) is 4.43. The van der Waals surface area contributed by atoms with Crippen molar-refractivity contribution in [2.45, 2.75) is 11.7 Å². The second-order valence-electron chi connectivity index (χ2n) is 7.22. The number of amidine groups is 1. The lowest BCUT2D eigenvalue weighted by Gasteiger charge is -2.34. The minimum Gasteiger partial charge on any atom is -0.481 e. The van der Waals surface area contributed by atoms with Crippen molar-refractivity contribution in [1.29, 1.82) is 0 Å². The molecule has 3 heterocycles. The SMILES string of the molecule is NC1=NC2(CO1)c1cc(-c3cncnc3)ccc1Oc1cc(OCC(F)(F)F)c(F)cc12. The van der Waals surface area contributed by atoms with Crippen molar-refractivity contribution >= 4 is 6.02 Å². The first kappa shape index (κ1) is 20.0. The van der Waals surface area contributed by atoms with Gasteiger partial charge in [-0.1, -0.05) is 6.07 Å². The largest absolute Gasteiger partial charge is 0.481 e. The Morgan fingerprint density at radius 1 is 1.03 bits per heavy atom. The summed E-state index contributed by atoms with van der Waals surface area (Å²) in [6, 6.07) is 7.23. The summed E-state index contributed by atoms with van der Waals surface area (Å²) in [5.41, 5.74) is 6.83. The third kappa shape index (κ3) is 3.35. The van der Waals surface area contributed by atoms with Crippen LogP contribution < -0.4 is 15.2 Å². The molecule has 164 valence electrons. The fourth-order valence-electron chi connectivity index (χ4n) is 3.75. The number of aliphatic imine (C=N–C) groups is 1. The predicted octanol–water partition coefficient (Wildman–Crippen LogP) is 3.92. The minimum absolute atomic E-state index is 0.0425. The number of alkyl halides is 3. The highest BCUT2D eigenvalue weighted by Crippen LogP contribution is 2.52. The summed E-state index contributed by atoms with van der Waals surface area (Å²) in [7, 11) is 0. The molecule has 11 heteroatoms. The fraction of sp³-hybridized carbons (Fsp3) is 0.190. The first-order valence-electron chi connectivity index (χ1n) is 9.35. The molecule has 1 unspecified atom stereocenters. The summed E-state index contributed by atoms with van der Waals surface area (Å²) < 4.78 is 68.3. The first-order valence-corrected chi connectivity index (χ1v) is 9.35. The number of hydrogen-bond acceptors (Lipinski definition) is 7. The number of fused-ring (bicyclic) bond motifs is 4. The van der Waals surface area contributed by atoms with Gasteiger partial charge in [0, 0.05) is 35.2 Å². The molecule has 0 amide bonds. The monoisotopic (exact) mass is 446 g/mol. The van der Waals surface area contributed by atoms with E-state index in [2.05, 4.69) is 19.7 Å². The van der Waals surface area contributed by atoms with Crippen LogP contribution in [0.5, 0.6) is 17.2 Å². The third-order valence-corrected chi connectivity index (χ3v) is 5.14. The van der Waals surface area contributed by atoms with Crippen LogP contribution in [-0.4, -0.2) is 35.4 Å². The molecule has 3 aromatic rings. The van der Waals surface area contributed by atoms with Crippen LogP contribution >= 0.6 is 0 Å². The van der Waals surface area contributed by atoms with Gasteiger partial charge in [-0.3, -0.25) is 0 Å². The summed E-state index contributed by atoms with van der Waals surface area (Å²) >= 11 is 0. The number of rotatable bonds is 3. The fourth-order valence-corrected chi connectivity index (χ4v) is 3.75. The van der Waals surface area contributed by atoms with Gasteiger partial charge in [0.25, 0.3) is 6.02 Å². The predicted molar refractivity (Wildman–Crippen MR) is 104 cm³/mol. The van der Waals surface area contributed by atoms with E-state index in [0.717, 1.165) is 23.3 Å². The van der Waals surface area contributed by atoms with E-state index in [9.17, 15) is 17.6 Å². The molecule has 0 fully saturated rings. The first-order chi connectivity index (χ1) is 15.2. The lowest BCUT2D eigenvalue weighted by Crippen LogP contribution is -2.31. The number of benzene rings is 2. The van der Waals surface area contributed by atoms with E-state index >= 15 is 0 Å². The second-order valence-corrected chi connectivity index (χ2v) is 7.22. The van der Waals surface area contributed by atoms with E-state index in [1.165, 1.54) is 6.33 Å². The maximum atomic E-state index is 14.7. The van der Waals surface area contributed by atoms with Gasteiger partial charge in [0.2, 0.25) is 0 Å². The van der Waals surface area contributed by atoms with Crippen molar-refractivity contribution in [3.63, 3.8) is 0 Å².